The smallest absolute Gasteiger partial charge is 0.0343 e. The van der Waals surface area contributed by atoms with Crippen molar-refractivity contribution in [2.75, 3.05) is 18.4 Å². The molecule has 0 radical (unpaired) electrons. The molecule has 3 aliphatic rings. The summed E-state index contributed by atoms with van der Waals surface area (Å²) >= 11 is 0. The van der Waals surface area contributed by atoms with E-state index in [9.17, 15) is 0 Å². The Hall–Kier alpha value is -1.02. The first-order valence-corrected chi connectivity index (χ1v) is 9.30. The quantitative estimate of drug-likeness (QED) is 0.878. The Morgan fingerprint density at radius 2 is 2.18 bits per heavy atom. The molecule has 2 heteroatoms. The van der Waals surface area contributed by atoms with Gasteiger partial charge in [0.25, 0.3) is 0 Å². The summed E-state index contributed by atoms with van der Waals surface area (Å²) < 4.78 is 0. The van der Waals surface area contributed by atoms with E-state index in [2.05, 4.69) is 42.7 Å². The Morgan fingerprint density at radius 3 is 3.05 bits per heavy atom. The summed E-state index contributed by atoms with van der Waals surface area (Å²) in [7, 11) is 0. The number of benzene rings is 1. The van der Waals surface area contributed by atoms with Crippen molar-refractivity contribution in [3.05, 3.63) is 29.3 Å². The van der Waals surface area contributed by atoms with Gasteiger partial charge in [0, 0.05) is 23.7 Å². The van der Waals surface area contributed by atoms with E-state index in [4.69, 9.17) is 0 Å². The third-order valence-electron chi connectivity index (χ3n) is 6.36. The van der Waals surface area contributed by atoms with E-state index in [-0.39, 0.29) is 0 Å². The zero-order chi connectivity index (χ0) is 15.2. The van der Waals surface area contributed by atoms with E-state index in [1.807, 2.05) is 0 Å². The molecule has 22 heavy (non-hydrogen) atoms. The molecule has 1 heterocycles. The molecule has 4 rings (SSSR count). The first-order valence-electron chi connectivity index (χ1n) is 9.30. The van der Waals surface area contributed by atoms with Crippen LogP contribution in [0.3, 0.4) is 0 Å². The molecule has 0 amide bonds. The van der Waals surface area contributed by atoms with Crippen LogP contribution in [0.4, 0.5) is 5.69 Å². The van der Waals surface area contributed by atoms with Crippen molar-refractivity contribution < 1.29 is 0 Å². The number of hydrogen-bond donors (Lipinski definition) is 2. The second-order valence-corrected chi connectivity index (χ2v) is 8.17. The molecule has 1 saturated heterocycles. The van der Waals surface area contributed by atoms with Gasteiger partial charge in [-0.2, -0.15) is 0 Å². The molecule has 2 bridgehead atoms. The molecule has 1 aliphatic heterocycles. The summed E-state index contributed by atoms with van der Waals surface area (Å²) in [6, 6.07) is 7.95. The van der Waals surface area contributed by atoms with Crippen molar-refractivity contribution in [2.24, 2.45) is 11.8 Å². The summed E-state index contributed by atoms with van der Waals surface area (Å²) in [5.74, 6) is 1.57. The minimum atomic E-state index is 0.483. The normalized spacial score (nSPS) is 33.2. The highest BCUT2D eigenvalue weighted by Crippen LogP contribution is 2.54. The SMILES string of the molecule is CC(C)CNc1ccc2c(c1)[C@@]13CCCC[C@H]1[C@@H](C2)NCC3. The van der Waals surface area contributed by atoms with Crippen LogP contribution >= 0.6 is 0 Å². The van der Waals surface area contributed by atoms with Crippen LogP contribution in [0.25, 0.3) is 0 Å². The van der Waals surface area contributed by atoms with Gasteiger partial charge in [-0.3, -0.25) is 0 Å². The summed E-state index contributed by atoms with van der Waals surface area (Å²) in [5.41, 5.74) is 5.13. The molecular weight excluding hydrogens is 268 g/mol. The molecule has 2 nitrogen and oxygen atoms in total. The fourth-order valence-electron chi connectivity index (χ4n) is 5.36. The minimum Gasteiger partial charge on any atom is -0.385 e. The molecule has 1 aromatic rings. The van der Waals surface area contributed by atoms with Crippen LogP contribution in [0.2, 0.25) is 0 Å². The largest absolute Gasteiger partial charge is 0.385 e. The zero-order valence-corrected chi connectivity index (χ0v) is 14.1. The average Bonchev–Trinajstić information content (AvgIpc) is 2.53. The summed E-state index contributed by atoms with van der Waals surface area (Å²) in [6.45, 7) is 6.83. The standard InChI is InChI=1S/C20H30N2/c1-14(2)13-22-16-7-6-15-11-19-17-5-3-4-8-20(17,9-10-21-19)18(15)12-16/h6-7,12,14,17,19,21-22H,3-5,8-11,13H2,1-2H3/t17-,19+,20+/m0/s1. The fraction of sp³-hybridized carbons (Fsp3) is 0.700. The van der Waals surface area contributed by atoms with Crippen LogP contribution in [0.5, 0.6) is 0 Å². The highest BCUT2D eigenvalue weighted by atomic mass is 15.0. The van der Waals surface area contributed by atoms with Crippen molar-refractivity contribution in [1.29, 1.82) is 0 Å². The lowest BCUT2D eigenvalue weighted by Gasteiger charge is -2.56. The maximum absolute atomic E-state index is 3.82. The van der Waals surface area contributed by atoms with Crippen LogP contribution in [-0.2, 0) is 11.8 Å². The van der Waals surface area contributed by atoms with Crippen LogP contribution in [0.15, 0.2) is 18.2 Å². The van der Waals surface area contributed by atoms with Gasteiger partial charge < -0.3 is 10.6 Å². The van der Waals surface area contributed by atoms with E-state index in [1.165, 1.54) is 50.8 Å². The molecule has 3 atom stereocenters. The average molecular weight is 298 g/mol. The van der Waals surface area contributed by atoms with E-state index < -0.39 is 0 Å². The number of anilines is 1. The molecule has 0 spiro atoms. The molecule has 1 saturated carbocycles. The molecule has 2 fully saturated rings. The van der Waals surface area contributed by atoms with Gasteiger partial charge in [-0.25, -0.2) is 0 Å². The van der Waals surface area contributed by atoms with Crippen molar-refractivity contribution in [1.82, 2.24) is 5.32 Å². The van der Waals surface area contributed by atoms with Gasteiger partial charge in [0.2, 0.25) is 0 Å². The van der Waals surface area contributed by atoms with Gasteiger partial charge in [-0.1, -0.05) is 32.8 Å². The number of fused-ring (bicyclic) bond motifs is 1. The van der Waals surface area contributed by atoms with Crippen LogP contribution < -0.4 is 10.6 Å². The summed E-state index contributed by atoms with van der Waals surface area (Å²) in [5, 5.41) is 7.47. The molecule has 2 N–H and O–H groups in total. The van der Waals surface area contributed by atoms with Gasteiger partial charge in [-0.05, 0) is 67.3 Å². The number of nitrogens with one attached hydrogen (secondary N) is 2. The van der Waals surface area contributed by atoms with Crippen molar-refractivity contribution in [2.45, 2.75) is 63.8 Å². The van der Waals surface area contributed by atoms with Gasteiger partial charge in [-0.15, -0.1) is 0 Å². The zero-order valence-electron chi connectivity index (χ0n) is 14.1. The van der Waals surface area contributed by atoms with E-state index in [0.717, 1.165) is 18.5 Å². The first kappa shape index (κ1) is 14.6. The Kier molecular flexibility index (Phi) is 3.68. The topological polar surface area (TPSA) is 24.1 Å². The first-order chi connectivity index (χ1) is 10.7. The molecule has 0 aromatic heterocycles. The Balaban J connectivity index is 1.72. The predicted octanol–water partition coefficient (Wildman–Crippen LogP) is 4.10. The maximum Gasteiger partial charge on any atom is 0.0343 e. The van der Waals surface area contributed by atoms with Gasteiger partial charge >= 0.3 is 0 Å². The highest BCUT2D eigenvalue weighted by Gasteiger charge is 2.51. The lowest BCUT2D eigenvalue weighted by Crippen LogP contribution is -2.59. The van der Waals surface area contributed by atoms with Gasteiger partial charge in [0.15, 0.2) is 0 Å². The molecule has 1 aromatic carbocycles. The van der Waals surface area contributed by atoms with Gasteiger partial charge in [0.1, 0.15) is 0 Å². The van der Waals surface area contributed by atoms with Gasteiger partial charge in [0.05, 0.1) is 0 Å². The maximum atomic E-state index is 3.82. The molecule has 2 aliphatic carbocycles. The lowest BCUT2D eigenvalue weighted by atomic mass is 9.53. The highest BCUT2D eigenvalue weighted by molar-refractivity contribution is 5.53. The third-order valence-corrected chi connectivity index (χ3v) is 6.36. The summed E-state index contributed by atoms with van der Waals surface area (Å²) in [6.07, 6.45) is 8.29. The van der Waals surface area contributed by atoms with Crippen LogP contribution in [-0.4, -0.2) is 19.1 Å². The molecular formula is C20H30N2. The van der Waals surface area contributed by atoms with Crippen molar-refractivity contribution >= 4 is 5.69 Å². The molecule has 0 unspecified atom stereocenters. The van der Waals surface area contributed by atoms with E-state index in [0.29, 0.717) is 11.3 Å². The third kappa shape index (κ3) is 2.27. The van der Waals surface area contributed by atoms with Crippen LogP contribution in [0, 0.1) is 11.8 Å². The number of rotatable bonds is 3. The predicted molar refractivity (Wildman–Crippen MR) is 93.5 cm³/mol. The number of piperidine rings is 1. The Bertz CT molecular complexity index is 547. The van der Waals surface area contributed by atoms with Crippen molar-refractivity contribution in [3.8, 4) is 0 Å². The monoisotopic (exact) mass is 298 g/mol. The second-order valence-electron chi connectivity index (χ2n) is 8.17. The fourth-order valence-corrected chi connectivity index (χ4v) is 5.36. The minimum absolute atomic E-state index is 0.483. The summed E-state index contributed by atoms with van der Waals surface area (Å²) in [4.78, 5) is 0. The van der Waals surface area contributed by atoms with E-state index in [1.54, 1.807) is 11.1 Å². The lowest BCUT2D eigenvalue weighted by molar-refractivity contribution is 0.0798. The Morgan fingerprint density at radius 1 is 1.27 bits per heavy atom. The van der Waals surface area contributed by atoms with E-state index >= 15 is 0 Å². The number of hydrogen-bond acceptors (Lipinski definition) is 2. The van der Waals surface area contributed by atoms with Crippen LogP contribution in [0.1, 0.15) is 57.1 Å². The molecule has 120 valence electrons. The Labute approximate surface area is 135 Å². The van der Waals surface area contributed by atoms with Crippen molar-refractivity contribution in [3.63, 3.8) is 0 Å². The second kappa shape index (κ2) is 5.56.